The first-order valence-corrected chi connectivity index (χ1v) is 4.35. The molecule has 0 amide bonds. The summed E-state index contributed by atoms with van der Waals surface area (Å²) in [6.45, 7) is 1.80. The van der Waals surface area contributed by atoms with E-state index in [4.69, 9.17) is 16.7 Å². The minimum atomic E-state index is -1.04. The predicted octanol–water partition coefficient (Wildman–Crippen LogP) is 2.22. The van der Waals surface area contributed by atoms with Crippen LogP contribution in [-0.4, -0.2) is 21.3 Å². The van der Waals surface area contributed by atoms with Crippen LogP contribution in [-0.2, 0) is 0 Å². The zero-order chi connectivity index (χ0) is 10.3. The SMILES string of the molecule is Cc1cc(Cl)cc2[nH]nc(C(=O)O)c12. The number of H-pyrrole nitrogens is 1. The fraction of sp³-hybridized carbons (Fsp3) is 0.111. The third-order valence-corrected chi connectivity index (χ3v) is 2.25. The van der Waals surface area contributed by atoms with Crippen LogP contribution in [0.3, 0.4) is 0 Å². The Labute approximate surface area is 84.5 Å². The van der Waals surface area contributed by atoms with Crippen molar-refractivity contribution in [1.29, 1.82) is 0 Å². The first-order valence-electron chi connectivity index (χ1n) is 3.97. The third kappa shape index (κ3) is 1.24. The van der Waals surface area contributed by atoms with Gasteiger partial charge in [-0.3, -0.25) is 5.10 Å². The molecule has 0 atom stereocenters. The van der Waals surface area contributed by atoms with Crippen LogP contribution in [0, 0.1) is 6.92 Å². The van der Waals surface area contributed by atoms with Crippen molar-refractivity contribution >= 4 is 28.5 Å². The number of rotatable bonds is 1. The van der Waals surface area contributed by atoms with E-state index in [0.717, 1.165) is 5.56 Å². The van der Waals surface area contributed by atoms with Gasteiger partial charge in [-0.15, -0.1) is 0 Å². The number of aryl methyl sites for hydroxylation is 1. The van der Waals surface area contributed by atoms with Crippen molar-refractivity contribution in [2.75, 3.05) is 0 Å². The monoisotopic (exact) mass is 210 g/mol. The van der Waals surface area contributed by atoms with E-state index in [1.165, 1.54) is 0 Å². The number of fused-ring (bicyclic) bond motifs is 1. The fourth-order valence-electron chi connectivity index (χ4n) is 1.47. The molecule has 0 aliphatic heterocycles. The van der Waals surface area contributed by atoms with Crippen molar-refractivity contribution in [3.05, 3.63) is 28.4 Å². The van der Waals surface area contributed by atoms with E-state index in [2.05, 4.69) is 10.2 Å². The summed E-state index contributed by atoms with van der Waals surface area (Å²) < 4.78 is 0. The number of nitrogens with zero attached hydrogens (tertiary/aromatic N) is 1. The molecule has 0 radical (unpaired) electrons. The Kier molecular flexibility index (Phi) is 1.93. The van der Waals surface area contributed by atoms with Gasteiger partial charge < -0.3 is 5.11 Å². The Bertz CT molecular complexity index is 519. The number of aromatic amines is 1. The second kappa shape index (κ2) is 2.99. The maximum Gasteiger partial charge on any atom is 0.357 e. The van der Waals surface area contributed by atoms with Crippen molar-refractivity contribution in [2.24, 2.45) is 0 Å². The Hall–Kier alpha value is -1.55. The standard InChI is InChI=1S/C9H7ClN2O2/c1-4-2-5(10)3-6-7(4)8(9(13)14)12-11-6/h2-3H,1H3,(H,11,12)(H,13,14). The molecule has 0 spiro atoms. The molecule has 0 aliphatic carbocycles. The molecule has 2 rings (SSSR count). The molecule has 2 aromatic rings. The first-order chi connectivity index (χ1) is 6.59. The molecule has 72 valence electrons. The maximum absolute atomic E-state index is 10.8. The highest BCUT2D eigenvalue weighted by Crippen LogP contribution is 2.24. The minimum Gasteiger partial charge on any atom is -0.476 e. The molecule has 5 heteroatoms. The maximum atomic E-state index is 10.8. The second-order valence-electron chi connectivity index (χ2n) is 3.02. The minimum absolute atomic E-state index is 0.0363. The van der Waals surface area contributed by atoms with Crippen molar-refractivity contribution < 1.29 is 9.90 Å². The van der Waals surface area contributed by atoms with Gasteiger partial charge in [-0.05, 0) is 24.6 Å². The molecule has 0 unspecified atom stereocenters. The van der Waals surface area contributed by atoms with Gasteiger partial charge >= 0.3 is 5.97 Å². The van der Waals surface area contributed by atoms with E-state index in [1.807, 2.05) is 0 Å². The molecular formula is C9H7ClN2O2. The first kappa shape index (κ1) is 9.02. The number of carboxylic acids is 1. The van der Waals surface area contributed by atoms with Crippen molar-refractivity contribution in [3.63, 3.8) is 0 Å². The van der Waals surface area contributed by atoms with Gasteiger partial charge in [0.1, 0.15) is 0 Å². The van der Waals surface area contributed by atoms with Crippen LogP contribution in [0.25, 0.3) is 10.9 Å². The summed E-state index contributed by atoms with van der Waals surface area (Å²) in [6, 6.07) is 3.37. The normalized spacial score (nSPS) is 10.7. The molecule has 0 saturated carbocycles. The summed E-state index contributed by atoms with van der Waals surface area (Å²) in [5.74, 6) is -1.04. The average molecular weight is 211 g/mol. The number of carbonyl (C=O) groups is 1. The zero-order valence-corrected chi connectivity index (χ0v) is 8.09. The lowest BCUT2D eigenvalue weighted by Gasteiger charge is -1.97. The number of benzene rings is 1. The van der Waals surface area contributed by atoms with Crippen molar-refractivity contribution in [2.45, 2.75) is 6.92 Å². The van der Waals surface area contributed by atoms with E-state index in [9.17, 15) is 4.79 Å². The lowest BCUT2D eigenvalue weighted by atomic mass is 10.1. The fourth-order valence-corrected chi connectivity index (χ4v) is 1.75. The van der Waals surface area contributed by atoms with Crippen molar-refractivity contribution in [1.82, 2.24) is 10.2 Å². The number of hydrogen-bond acceptors (Lipinski definition) is 2. The highest BCUT2D eigenvalue weighted by atomic mass is 35.5. The molecule has 0 saturated heterocycles. The topological polar surface area (TPSA) is 66.0 Å². The van der Waals surface area contributed by atoms with E-state index in [-0.39, 0.29) is 5.69 Å². The van der Waals surface area contributed by atoms with Gasteiger partial charge in [0.15, 0.2) is 5.69 Å². The van der Waals surface area contributed by atoms with E-state index in [1.54, 1.807) is 19.1 Å². The van der Waals surface area contributed by atoms with E-state index in [0.29, 0.717) is 15.9 Å². The quantitative estimate of drug-likeness (QED) is 0.759. The molecule has 14 heavy (non-hydrogen) atoms. The number of aromatic carboxylic acids is 1. The summed E-state index contributed by atoms with van der Waals surface area (Å²) in [6.07, 6.45) is 0. The van der Waals surface area contributed by atoms with Gasteiger partial charge in [-0.2, -0.15) is 5.10 Å². The lowest BCUT2D eigenvalue weighted by molar-refractivity contribution is 0.0692. The molecule has 1 aromatic heterocycles. The molecule has 0 bridgehead atoms. The Morgan fingerprint density at radius 1 is 1.57 bits per heavy atom. The van der Waals surface area contributed by atoms with Gasteiger partial charge in [-0.25, -0.2) is 4.79 Å². The molecule has 2 N–H and O–H groups in total. The summed E-state index contributed by atoms with van der Waals surface area (Å²) in [5.41, 5.74) is 1.49. The number of carboxylic acid groups (broad SMARTS) is 1. The summed E-state index contributed by atoms with van der Waals surface area (Å²) in [4.78, 5) is 10.8. The van der Waals surface area contributed by atoms with Gasteiger partial charge in [0.05, 0.1) is 5.52 Å². The number of hydrogen-bond donors (Lipinski definition) is 2. The van der Waals surface area contributed by atoms with Crippen LogP contribution < -0.4 is 0 Å². The second-order valence-corrected chi connectivity index (χ2v) is 3.46. The molecular weight excluding hydrogens is 204 g/mol. The Morgan fingerprint density at radius 3 is 2.93 bits per heavy atom. The molecule has 4 nitrogen and oxygen atoms in total. The summed E-state index contributed by atoms with van der Waals surface area (Å²) >= 11 is 5.82. The van der Waals surface area contributed by atoms with E-state index < -0.39 is 5.97 Å². The van der Waals surface area contributed by atoms with Crippen LogP contribution in [0.4, 0.5) is 0 Å². The average Bonchev–Trinajstić information content (AvgIpc) is 2.47. The molecule has 1 heterocycles. The smallest absolute Gasteiger partial charge is 0.357 e. The molecule has 0 aliphatic rings. The number of halogens is 1. The largest absolute Gasteiger partial charge is 0.476 e. The van der Waals surface area contributed by atoms with Crippen LogP contribution >= 0.6 is 11.6 Å². The Balaban J connectivity index is 2.85. The van der Waals surface area contributed by atoms with Gasteiger partial charge in [-0.1, -0.05) is 11.6 Å². The highest BCUT2D eigenvalue weighted by molar-refractivity contribution is 6.31. The highest BCUT2D eigenvalue weighted by Gasteiger charge is 2.14. The number of aromatic nitrogens is 2. The van der Waals surface area contributed by atoms with Gasteiger partial charge in [0, 0.05) is 10.4 Å². The van der Waals surface area contributed by atoms with Gasteiger partial charge in [0.2, 0.25) is 0 Å². The van der Waals surface area contributed by atoms with Crippen LogP contribution in [0.1, 0.15) is 16.1 Å². The molecule has 0 fully saturated rings. The summed E-state index contributed by atoms with van der Waals surface area (Å²) in [5, 5.41) is 16.4. The van der Waals surface area contributed by atoms with E-state index >= 15 is 0 Å². The van der Waals surface area contributed by atoms with Crippen molar-refractivity contribution in [3.8, 4) is 0 Å². The van der Waals surface area contributed by atoms with Crippen LogP contribution in [0.15, 0.2) is 12.1 Å². The van der Waals surface area contributed by atoms with Gasteiger partial charge in [0.25, 0.3) is 0 Å². The lowest BCUT2D eigenvalue weighted by Crippen LogP contribution is -1.97. The Morgan fingerprint density at radius 2 is 2.29 bits per heavy atom. The van der Waals surface area contributed by atoms with Crippen LogP contribution in [0.2, 0.25) is 5.02 Å². The predicted molar refractivity (Wildman–Crippen MR) is 52.8 cm³/mol. The van der Waals surface area contributed by atoms with Crippen LogP contribution in [0.5, 0.6) is 0 Å². The molecule has 1 aromatic carbocycles. The summed E-state index contributed by atoms with van der Waals surface area (Å²) in [7, 11) is 0. The number of nitrogens with one attached hydrogen (secondary N) is 1. The third-order valence-electron chi connectivity index (χ3n) is 2.03. The zero-order valence-electron chi connectivity index (χ0n) is 7.34.